The lowest BCUT2D eigenvalue weighted by molar-refractivity contribution is -0.384. The molecule has 0 aliphatic carbocycles. The second-order valence-electron chi connectivity index (χ2n) is 7.72. The Morgan fingerprint density at radius 3 is 2.25 bits per heavy atom. The van der Waals surface area contributed by atoms with E-state index in [1.807, 2.05) is 58.0 Å². The first-order chi connectivity index (χ1) is 13.1. The van der Waals surface area contributed by atoms with Crippen LogP contribution in [-0.2, 0) is 20.7 Å². The topological polar surface area (TPSA) is 87.9 Å². The van der Waals surface area contributed by atoms with Gasteiger partial charge < -0.3 is 14.0 Å². The van der Waals surface area contributed by atoms with E-state index in [2.05, 4.69) is 0 Å². The Kier molecular flexibility index (Phi) is 5.27. The number of hydrogen-bond acceptors (Lipinski definition) is 6. The van der Waals surface area contributed by atoms with Crippen LogP contribution >= 0.6 is 0 Å². The summed E-state index contributed by atoms with van der Waals surface area (Å²) in [5.74, 6) is -0.648. The average Bonchev–Trinajstić information content (AvgIpc) is 2.87. The van der Waals surface area contributed by atoms with Crippen molar-refractivity contribution in [2.75, 3.05) is 0 Å². The molecule has 8 heteroatoms. The number of nitrogens with zero attached hydrogens (tertiary/aromatic N) is 1. The fraction of sp³-hybridized carbons (Fsp3) is 0.350. The highest BCUT2D eigenvalue weighted by Gasteiger charge is 2.52. The lowest BCUT2D eigenvalue weighted by Crippen LogP contribution is -2.41. The van der Waals surface area contributed by atoms with E-state index in [1.54, 1.807) is 0 Å². The Hall–Kier alpha value is -2.71. The second kappa shape index (κ2) is 7.37. The summed E-state index contributed by atoms with van der Waals surface area (Å²) in [6.45, 7) is 7.63. The van der Waals surface area contributed by atoms with Crippen molar-refractivity contribution in [1.29, 1.82) is 0 Å². The van der Waals surface area contributed by atoms with Gasteiger partial charge in [-0.05, 0) is 44.8 Å². The standard InChI is InChI=1S/C20H22BNO6/c1-19(2)20(3,4)28-21(27-19)16-10-15(11-17(12-16)22(24)25)18(23)26-13-14-8-6-5-7-9-14/h5-12H,13H2,1-4H3. The molecule has 1 fully saturated rings. The summed E-state index contributed by atoms with van der Waals surface area (Å²) in [5, 5.41) is 11.3. The van der Waals surface area contributed by atoms with Crippen LogP contribution in [-0.4, -0.2) is 29.2 Å². The molecule has 1 aliphatic rings. The smallest absolute Gasteiger partial charge is 0.457 e. The SMILES string of the molecule is CC1(C)OB(c2cc(C(=O)OCc3ccccc3)cc([N+](=O)[O-])c2)OC1(C)C. The first-order valence-electron chi connectivity index (χ1n) is 8.95. The predicted octanol–water partition coefficient (Wildman–Crippen LogP) is 3.25. The summed E-state index contributed by atoms with van der Waals surface area (Å²) >= 11 is 0. The van der Waals surface area contributed by atoms with Crippen molar-refractivity contribution >= 4 is 24.2 Å². The summed E-state index contributed by atoms with van der Waals surface area (Å²) in [4.78, 5) is 23.3. The number of nitro groups is 1. The zero-order valence-corrected chi connectivity index (χ0v) is 16.3. The summed E-state index contributed by atoms with van der Waals surface area (Å²) in [6.07, 6.45) is 0. The van der Waals surface area contributed by atoms with E-state index >= 15 is 0 Å². The molecule has 28 heavy (non-hydrogen) atoms. The van der Waals surface area contributed by atoms with Gasteiger partial charge in [0, 0.05) is 12.1 Å². The van der Waals surface area contributed by atoms with E-state index in [0.29, 0.717) is 5.46 Å². The minimum atomic E-state index is -0.814. The van der Waals surface area contributed by atoms with Crippen LogP contribution in [0.5, 0.6) is 0 Å². The number of non-ortho nitro benzene ring substituents is 1. The fourth-order valence-corrected chi connectivity index (χ4v) is 2.78. The Bertz CT molecular complexity index is 881. The first kappa shape index (κ1) is 20.0. The van der Waals surface area contributed by atoms with Crippen molar-refractivity contribution in [2.24, 2.45) is 0 Å². The number of esters is 1. The van der Waals surface area contributed by atoms with Crippen LogP contribution in [0.1, 0.15) is 43.6 Å². The average molecular weight is 383 g/mol. The van der Waals surface area contributed by atoms with Crippen LogP contribution in [0.15, 0.2) is 48.5 Å². The number of nitro benzene ring substituents is 1. The molecular weight excluding hydrogens is 361 g/mol. The van der Waals surface area contributed by atoms with Gasteiger partial charge >= 0.3 is 13.1 Å². The molecule has 0 radical (unpaired) electrons. The Balaban J connectivity index is 1.86. The van der Waals surface area contributed by atoms with Crippen molar-refractivity contribution in [3.05, 3.63) is 69.8 Å². The van der Waals surface area contributed by atoms with Crippen LogP contribution in [0.3, 0.4) is 0 Å². The molecule has 0 aromatic heterocycles. The molecule has 0 atom stereocenters. The van der Waals surface area contributed by atoms with Crippen molar-refractivity contribution in [3.8, 4) is 0 Å². The molecule has 1 aliphatic heterocycles. The monoisotopic (exact) mass is 383 g/mol. The van der Waals surface area contributed by atoms with E-state index in [0.717, 1.165) is 5.56 Å². The zero-order valence-electron chi connectivity index (χ0n) is 16.3. The van der Waals surface area contributed by atoms with E-state index in [9.17, 15) is 14.9 Å². The zero-order chi connectivity index (χ0) is 20.5. The molecule has 0 spiro atoms. The van der Waals surface area contributed by atoms with Crippen LogP contribution < -0.4 is 5.46 Å². The van der Waals surface area contributed by atoms with Gasteiger partial charge in [-0.3, -0.25) is 10.1 Å². The summed E-state index contributed by atoms with van der Waals surface area (Å²) in [6, 6.07) is 13.3. The Labute approximate surface area is 163 Å². The van der Waals surface area contributed by atoms with Crippen LogP contribution in [0.4, 0.5) is 5.69 Å². The number of ether oxygens (including phenoxy) is 1. The second-order valence-corrected chi connectivity index (χ2v) is 7.72. The molecule has 0 N–H and O–H groups in total. The van der Waals surface area contributed by atoms with Gasteiger partial charge in [0.15, 0.2) is 0 Å². The fourth-order valence-electron chi connectivity index (χ4n) is 2.78. The molecule has 3 rings (SSSR count). The molecular formula is C20H22BNO6. The molecule has 1 saturated heterocycles. The van der Waals surface area contributed by atoms with E-state index < -0.39 is 29.2 Å². The highest BCUT2D eigenvalue weighted by Crippen LogP contribution is 2.36. The van der Waals surface area contributed by atoms with Gasteiger partial charge in [-0.25, -0.2) is 4.79 Å². The summed E-state index contributed by atoms with van der Waals surface area (Å²) < 4.78 is 17.2. The lowest BCUT2D eigenvalue weighted by atomic mass is 9.78. The quantitative estimate of drug-likeness (QED) is 0.341. The third-order valence-corrected chi connectivity index (χ3v) is 5.12. The van der Waals surface area contributed by atoms with Gasteiger partial charge in [0.2, 0.25) is 0 Å². The lowest BCUT2D eigenvalue weighted by Gasteiger charge is -2.32. The number of carbonyl (C=O) groups is 1. The number of hydrogen-bond donors (Lipinski definition) is 0. The Morgan fingerprint density at radius 1 is 1.07 bits per heavy atom. The van der Waals surface area contributed by atoms with Crippen molar-refractivity contribution in [1.82, 2.24) is 0 Å². The molecule has 0 amide bonds. The van der Waals surface area contributed by atoms with Crippen molar-refractivity contribution in [2.45, 2.75) is 45.5 Å². The number of benzene rings is 2. The molecule has 0 unspecified atom stereocenters. The predicted molar refractivity (Wildman–Crippen MR) is 104 cm³/mol. The van der Waals surface area contributed by atoms with E-state index in [1.165, 1.54) is 18.2 Å². The molecule has 2 aromatic carbocycles. The Morgan fingerprint density at radius 2 is 1.68 bits per heavy atom. The first-order valence-corrected chi connectivity index (χ1v) is 8.95. The largest absolute Gasteiger partial charge is 0.495 e. The van der Waals surface area contributed by atoms with Gasteiger partial charge in [-0.2, -0.15) is 0 Å². The molecule has 0 saturated carbocycles. The minimum absolute atomic E-state index is 0.0776. The van der Waals surface area contributed by atoms with Crippen LogP contribution in [0, 0.1) is 10.1 Å². The molecule has 7 nitrogen and oxygen atoms in total. The maximum absolute atomic E-state index is 12.5. The number of rotatable bonds is 5. The van der Waals surface area contributed by atoms with E-state index in [4.69, 9.17) is 14.0 Å². The van der Waals surface area contributed by atoms with Gasteiger partial charge in [-0.15, -0.1) is 0 Å². The maximum atomic E-state index is 12.5. The highest BCUT2D eigenvalue weighted by molar-refractivity contribution is 6.62. The number of carbonyl (C=O) groups excluding carboxylic acids is 1. The van der Waals surface area contributed by atoms with Crippen molar-refractivity contribution in [3.63, 3.8) is 0 Å². The third kappa shape index (κ3) is 4.08. The minimum Gasteiger partial charge on any atom is -0.457 e. The van der Waals surface area contributed by atoms with E-state index in [-0.39, 0.29) is 17.9 Å². The third-order valence-electron chi connectivity index (χ3n) is 5.12. The molecule has 0 bridgehead atoms. The molecule has 2 aromatic rings. The molecule has 1 heterocycles. The summed E-state index contributed by atoms with van der Waals surface area (Å²) in [5.41, 5.74) is -0.118. The molecule has 146 valence electrons. The maximum Gasteiger partial charge on any atom is 0.495 e. The normalized spacial score (nSPS) is 17.4. The van der Waals surface area contributed by atoms with Gasteiger partial charge in [-0.1, -0.05) is 30.3 Å². The van der Waals surface area contributed by atoms with Crippen LogP contribution in [0.25, 0.3) is 0 Å². The van der Waals surface area contributed by atoms with Gasteiger partial charge in [0.05, 0.1) is 21.7 Å². The highest BCUT2D eigenvalue weighted by atomic mass is 16.7. The van der Waals surface area contributed by atoms with Gasteiger partial charge in [0.25, 0.3) is 5.69 Å². The summed E-state index contributed by atoms with van der Waals surface area (Å²) in [7, 11) is -0.814. The van der Waals surface area contributed by atoms with Gasteiger partial charge in [0.1, 0.15) is 6.61 Å². The van der Waals surface area contributed by atoms with Crippen LogP contribution in [0.2, 0.25) is 0 Å². The van der Waals surface area contributed by atoms with Crippen molar-refractivity contribution < 1.29 is 23.8 Å².